The van der Waals surface area contributed by atoms with Crippen LogP contribution >= 0.6 is 11.6 Å². The lowest BCUT2D eigenvalue weighted by Gasteiger charge is -2.13. The Morgan fingerprint density at radius 3 is 2.24 bits per heavy atom. The van der Waals surface area contributed by atoms with Gasteiger partial charge in [-0.2, -0.15) is 0 Å². The zero-order valence-corrected chi connectivity index (χ0v) is 18.9. The summed E-state index contributed by atoms with van der Waals surface area (Å²) >= 11 is 6.04. The Morgan fingerprint density at radius 1 is 0.853 bits per heavy atom. The summed E-state index contributed by atoms with van der Waals surface area (Å²) in [6.45, 7) is 0. The largest absolute Gasteiger partial charge is 0.459 e. The van der Waals surface area contributed by atoms with Gasteiger partial charge in [-0.1, -0.05) is 11.6 Å². The highest BCUT2D eigenvalue weighted by atomic mass is 35.5. The summed E-state index contributed by atoms with van der Waals surface area (Å²) in [4.78, 5) is 28.9. The first-order valence-electron chi connectivity index (χ1n) is 9.80. The molecule has 0 unspecified atom stereocenters. The van der Waals surface area contributed by atoms with Gasteiger partial charge in [0.25, 0.3) is 21.8 Å². The fourth-order valence-electron chi connectivity index (χ4n) is 2.93. The van der Waals surface area contributed by atoms with Gasteiger partial charge < -0.3 is 15.1 Å². The average molecular weight is 497 g/mol. The number of carbonyl (C=O) groups is 2. The normalized spacial score (nSPS) is 11.0. The minimum atomic E-state index is -3.84. The van der Waals surface area contributed by atoms with Crippen LogP contribution in [0.2, 0.25) is 5.02 Å². The van der Waals surface area contributed by atoms with Gasteiger partial charge in [-0.05, 0) is 66.7 Å². The molecular weight excluding hydrogens is 480 g/mol. The van der Waals surface area contributed by atoms with Gasteiger partial charge in [-0.15, -0.1) is 0 Å². The van der Waals surface area contributed by atoms with Crippen molar-refractivity contribution in [1.82, 2.24) is 4.98 Å². The number of nitrogens with zero attached hydrogens (tertiary/aromatic N) is 1. The maximum Gasteiger partial charge on any atom is 0.291 e. The number of halogens is 1. The van der Waals surface area contributed by atoms with Crippen LogP contribution in [0.25, 0.3) is 0 Å². The highest BCUT2D eigenvalue weighted by Gasteiger charge is 2.17. The van der Waals surface area contributed by atoms with Crippen LogP contribution in [-0.2, 0) is 10.0 Å². The van der Waals surface area contributed by atoms with Gasteiger partial charge in [0.15, 0.2) is 5.76 Å². The molecule has 2 aromatic carbocycles. The van der Waals surface area contributed by atoms with E-state index in [9.17, 15) is 18.0 Å². The van der Waals surface area contributed by atoms with Crippen molar-refractivity contribution in [3.63, 3.8) is 0 Å². The van der Waals surface area contributed by atoms with Gasteiger partial charge in [0.05, 0.1) is 28.2 Å². The number of carbonyl (C=O) groups excluding carboxylic acids is 2. The Bertz CT molecular complexity index is 1420. The molecule has 0 aliphatic carbocycles. The van der Waals surface area contributed by atoms with E-state index in [-0.39, 0.29) is 21.9 Å². The standard InChI is InChI=1S/C23H17ClN4O5S/c24-16-5-8-19(20(14-16)27-23(30)21-2-1-13-33-21)26-22(29)15-3-6-18(7-4-15)34(31,32)28-17-9-11-25-12-10-17/h1-14H,(H,25,28)(H,26,29)(H,27,30). The molecule has 172 valence electrons. The predicted molar refractivity (Wildman–Crippen MR) is 128 cm³/mol. The summed E-state index contributed by atoms with van der Waals surface area (Å²) in [5.74, 6) is -0.935. The van der Waals surface area contributed by atoms with Crippen LogP contribution in [0.3, 0.4) is 0 Å². The third-order valence-electron chi connectivity index (χ3n) is 4.58. The van der Waals surface area contributed by atoms with E-state index in [1.54, 1.807) is 12.1 Å². The van der Waals surface area contributed by atoms with Crippen molar-refractivity contribution in [2.24, 2.45) is 0 Å². The lowest BCUT2D eigenvalue weighted by Crippen LogP contribution is -2.17. The van der Waals surface area contributed by atoms with Crippen LogP contribution in [0, 0.1) is 0 Å². The molecule has 2 heterocycles. The molecule has 0 saturated carbocycles. The monoisotopic (exact) mass is 496 g/mol. The molecule has 34 heavy (non-hydrogen) atoms. The van der Waals surface area contributed by atoms with E-state index in [4.69, 9.17) is 16.0 Å². The summed E-state index contributed by atoms with van der Waals surface area (Å²) in [5, 5.41) is 5.68. The summed E-state index contributed by atoms with van der Waals surface area (Å²) < 4.78 is 32.6. The molecule has 4 aromatic rings. The van der Waals surface area contributed by atoms with Gasteiger partial charge in [-0.3, -0.25) is 19.3 Å². The fourth-order valence-corrected chi connectivity index (χ4v) is 4.17. The Labute approximate surface area is 199 Å². The van der Waals surface area contributed by atoms with Crippen molar-refractivity contribution < 1.29 is 22.4 Å². The third-order valence-corrected chi connectivity index (χ3v) is 6.21. The first-order valence-corrected chi connectivity index (χ1v) is 11.7. The molecule has 3 N–H and O–H groups in total. The first kappa shape index (κ1) is 23.0. The van der Waals surface area contributed by atoms with Gasteiger partial charge in [0.2, 0.25) is 0 Å². The number of sulfonamides is 1. The van der Waals surface area contributed by atoms with Crippen LogP contribution in [0.5, 0.6) is 0 Å². The molecular formula is C23H17ClN4O5S. The quantitative estimate of drug-likeness (QED) is 0.342. The molecule has 9 nitrogen and oxygen atoms in total. The smallest absolute Gasteiger partial charge is 0.291 e. The van der Waals surface area contributed by atoms with Crippen molar-refractivity contribution in [3.8, 4) is 0 Å². The van der Waals surface area contributed by atoms with Crippen LogP contribution < -0.4 is 15.4 Å². The third kappa shape index (κ3) is 5.42. The Balaban J connectivity index is 1.49. The van der Waals surface area contributed by atoms with E-state index in [2.05, 4.69) is 20.3 Å². The van der Waals surface area contributed by atoms with Crippen LogP contribution in [-0.4, -0.2) is 25.2 Å². The molecule has 11 heteroatoms. The Hall–Kier alpha value is -4.15. The Kier molecular flexibility index (Phi) is 6.62. The summed E-state index contributed by atoms with van der Waals surface area (Å²) in [6.07, 6.45) is 4.30. The molecule has 2 amide bonds. The van der Waals surface area contributed by atoms with Crippen molar-refractivity contribution in [1.29, 1.82) is 0 Å². The number of amides is 2. The van der Waals surface area contributed by atoms with Crippen molar-refractivity contribution in [2.45, 2.75) is 4.90 Å². The SMILES string of the molecule is O=C(Nc1ccc(Cl)cc1NC(=O)c1ccco1)c1ccc(S(=O)(=O)Nc2ccncc2)cc1. The summed E-state index contributed by atoms with van der Waals surface area (Å²) in [6, 6.07) is 16.1. The van der Waals surface area contributed by atoms with Gasteiger partial charge in [-0.25, -0.2) is 8.42 Å². The van der Waals surface area contributed by atoms with Gasteiger partial charge in [0.1, 0.15) is 0 Å². The maximum absolute atomic E-state index is 12.8. The summed E-state index contributed by atoms with van der Waals surface area (Å²) in [5.41, 5.74) is 1.14. The van der Waals surface area contributed by atoms with E-state index >= 15 is 0 Å². The van der Waals surface area contributed by atoms with E-state index in [1.165, 1.54) is 73.3 Å². The van der Waals surface area contributed by atoms with E-state index in [0.717, 1.165) is 0 Å². The molecule has 2 aromatic heterocycles. The number of nitrogens with one attached hydrogen (secondary N) is 3. The van der Waals surface area contributed by atoms with Crippen molar-refractivity contribution >= 4 is 50.5 Å². The molecule has 0 bridgehead atoms. The van der Waals surface area contributed by atoms with E-state index in [1.807, 2.05) is 0 Å². The van der Waals surface area contributed by atoms with E-state index < -0.39 is 21.8 Å². The molecule has 0 radical (unpaired) electrons. The summed E-state index contributed by atoms with van der Waals surface area (Å²) in [7, 11) is -3.84. The second kappa shape index (κ2) is 9.77. The number of pyridine rings is 1. The number of rotatable bonds is 7. The van der Waals surface area contributed by atoms with Gasteiger partial charge in [0, 0.05) is 23.0 Å². The number of hydrogen-bond donors (Lipinski definition) is 3. The molecule has 4 rings (SSSR count). The zero-order valence-electron chi connectivity index (χ0n) is 17.4. The second-order valence-electron chi connectivity index (χ2n) is 6.94. The average Bonchev–Trinajstić information content (AvgIpc) is 3.36. The lowest BCUT2D eigenvalue weighted by atomic mass is 10.2. The predicted octanol–water partition coefficient (Wildman–Crippen LogP) is 4.63. The van der Waals surface area contributed by atoms with Gasteiger partial charge >= 0.3 is 0 Å². The first-order chi connectivity index (χ1) is 16.3. The number of aromatic nitrogens is 1. The Morgan fingerprint density at radius 2 is 1.56 bits per heavy atom. The number of furan rings is 1. The number of anilines is 3. The lowest BCUT2D eigenvalue weighted by molar-refractivity contribution is 0.0993. The minimum absolute atomic E-state index is 0.0150. The molecule has 0 aliphatic heterocycles. The van der Waals surface area contributed by atoms with Crippen molar-refractivity contribution in [3.05, 3.63) is 102 Å². The minimum Gasteiger partial charge on any atom is -0.459 e. The van der Waals surface area contributed by atoms with Crippen LogP contribution in [0.15, 0.2) is 94.7 Å². The molecule has 0 saturated heterocycles. The van der Waals surface area contributed by atoms with E-state index in [0.29, 0.717) is 16.4 Å². The second-order valence-corrected chi connectivity index (χ2v) is 9.06. The zero-order chi connectivity index (χ0) is 24.1. The van der Waals surface area contributed by atoms with Crippen molar-refractivity contribution in [2.75, 3.05) is 15.4 Å². The highest BCUT2D eigenvalue weighted by molar-refractivity contribution is 7.92. The number of benzene rings is 2. The number of hydrogen-bond acceptors (Lipinski definition) is 6. The molecule has 0 aliphatic rings. The molecule has 0 atom stereocenters. The van der Waals surface area contributed by atoms with Crippen LogP contribution in [0.4, 0.5) is 17.1 Å². The topological polar surface area (TPSA) is 130 Å². The van der Waals surface area contributed by atoms with Crippen LogP contribution in [0.1, 0.15) is 20.9 Å². The molecule has 0 spiro atoms. The highest BCUT2D eigenvalue weighted by Crippen LogP contribution is 2.27. The maximum atomic E-state index is 12.8. The fraction of sp³-hybridized carbons (Fsp3) is 0. The molecule has 0 fully saturated rings.